The summed E-state index contributed by atoms with van der Waals surface area (Å²) in [7, 11) is 0. The van der Waals surface area contributed by atoms with Crippen molar-refractivity contribution in [3.63, 3.8) is 0 Å². The van der Waals surface area contributed by atoms with E-state index in [1.807, 2.05) is 0 Å². The number of rotatable bonds is 5. The maximum absolute atomic E-state index is 12.8. The summed E-state index contributed by atoms with van der Waals surface area (Å²) in [6.07, 6.45) is 11.9. The molecule has 0 spiro atoms. The van der Waals surface area contributed by atoms with Crippen molar-refractivity contribution in [3.05, 3.63) is 0 Å². The zero-order valence-electron chi connectivity index (χ0n) is 28.5. The number of hydrogen-bond acceptors (Lipinski definition) is 3. The van der Waals surface area contributed by atoms with Gasteiger partial charge in [-0.05, 0) is 134 Å². The van der Waals surface area contributed by atoms with E-state index in [0.717, 1.165) is 42.4 Å². The molecule has 5 fully saturated rings. The lowest BCUT2D eigenvalue weighted by Gasteiger charge is -2.71. The second-order valence-corrected chi connectivity index (χ2v) is 18.0. The molecule has 0 aromatic carbocycles. The summed E-state index contributed by atoms with van der Waals surface area (Å²) in [5, 5.41) is 24.5. The van der Waals surface area contributed by atoms with E-state index < -0.39 is 6.10 Å². The van der Waals surface area contributed by atoms with Gasteiger partial charge in [-0.2, -0.15) is 0 Å². The van der Waals surface area contributed by atoms with Gasteiger partial charge in [0.05, 0.1) is 12.2 Å². The first-order valence-corrected chi connectivity index (χ1v) is 18.0. The number of Topliss-reactive ketones (excluding diaryl/α,β-unsaturated/α-hetero) is 1. The van der Waals surface area contributed by atoms with Crippen LogP contribution in [0.3, 0.4) is 0 Å². The van der Waals surface area contributed by atoms with Gasteiger partial charge >= 0.3 is 0 Å². The Hall–Kier alpha value is -0.410. The van der Waals surface area contributed by atoms with Crippen molar-refractivity contribution in [2.45, 2.75) is 146 Å². The third-order valence-electron chi connectivity index (χ3n) is 15.4. The molecule has 0 amide bonds. The van der Waals surface area contributed by atoms with Crippen LogP contribution in [0.1, 0.15) is 133 Å². The highest BCUT2D eigenvalue weighted by atomic mass is 16.3. The van der Waals surface area contributed by atoms with Gasteiger partial charge in [-0.3, -0.25) is 4.79 Å². The van der Waals surface area contributed by atoms with Gasteiger partial charge in [0.15, 0.2) is 0 Å². The monoisotopic (exact) mass is 571 g/mol. The number of ketones is 1. The van der Waals surface area contributed by atoms with Crippen molar-refractivity contribution < 1.29 is 15.0 Å². The Morgan fingerprint density at radius 1 is 0.902 bits per heavy atom. The van der Waals surface area contributed by atoms with Crippen LogP contribution in [0, 0.1) is 87.3 Å². The van der Waals surface area contributed by atoms with Gasteiger partial charge in [0.25, 0.3) is 0 Å². The third-order valence-corrected chi connectivity index (χ3v) is 15.4. The summed E-state index contributed by atoms with van der Waals surface area (Å²) < 4.78 is 0. The molecular formula is C38H66O3. The largest absolute Gasteiger partial charge is 0.392 e. The maximum atomic E-state index is 12.8. The number of aliphatic hydroxyl groups is 2. The Kier molecular flexibility index (Phi) is 8.73. The molecule has 0 aromatic rings. The Morgan fingerprint density at radius 2 is 1.59 bits per heavy atom. The molecule has 5 aliphatic rings. The van der Waals surface area contributed by atoms with Crippen LogP contribution in [0.4, 0.5) is 0 Å². The van der Waals surface area contributed by atoms with E-state index in [2.05, 4.69) is 62.3 Å². The van der Waals surface area contributed by atoms with Crippen LogP contribution in [-0.4, -0.2) is 28.2 Å². The van der Waals surface area contributed by atoms with Gasteiger partial charge in [-0.25, -0.2) is 0 Å². The summed E-state index contributed by atoms with van der Waals surface area (Å²) in [6.45, 7) is 23.1. The zero-order chi connectivity index (χ0) is 30.2. The Balaban J connectivity index is 1.47. The van der Waals surface area contributed by atoms with Gasteiger partial charge in [0.1, 0.15) is 5.78 Å². The smallest absolute Gasteiger partial charge is 0.135 e. The lowest BCUT2D eigenvalue weighted by Crippen LogP contribution is -2.70. The van der Waals surface area contributed by atoms with E-state index in [-0.39, 0.29) is 51.8 Å². The second kappa shape index (κ2) is 11.2. The number of hydrogen-bond donors (Lipinski definition) is 2. The number of fused-ring (bicyclic) bond motifs is 3. The highest BCUT2D eigenvalue weighted by Crippen LogP contribution is 2.73. The van der Waals surface area contributed by atoms with Crippen LogP contribution < -0.4 is 0 Å². The van der Waals surface area contributed by atoms with Crippen molar-refractivity contribution >= 4 is 5.78 Å². The minimum absolute atomic E-state index is 0.0354. The SMILES string of the molecule is CCC1CCC(C2CCC(C)C3C(O)C4C(C)C5(C)C(O)C(C(C)=O)C(C)CC5(C)CC4(C)CC23)CC1CC(C)C. The van der Waals surface area contributed by atoms with Gasteiger partial charge in [0, 0.05) is 11.3 Å². The Morgan fingerprint density at radius 3 is 2.20 bits per heavy atom. The third kappa shape index (κ3) is 4.92. The Bertz CT molecular complexity index is 959. The summed E-state index contributed by atoms with van der Waals surface area (Å²) in [5.74, 6) is 6.09. The quantitative estimate of drug-likeness (QED) is 0.347. The second-order valence-electron chi connectivity index (χ2n) is 18.0. The molecule has 0 saturated heterocycles. The molecule has 5 rings (SSSR count). The van der Waals surface area contributed by atoms with E-state index in [9.17, 15) is 15.0 Å². The summed E-state index contributed by atoms with van der Waals surface area (Å²) in [5.41, 5.74) is -0.329. The Labute approximate surface area is 253 Å². The molecule has 5 aliphatic carbocycles. The lowest BCUT2D eigenvalue weighted by molar-refractivity contribution is -0.272. The van der Waals surface area contributed by atoms with Gasteiger partial charge < -0.3 is 10.2 Å². The predicted molar refractivity (Wildman–Crippen MR) is 169 cm³/mol. The molecule has 16 unspecified atom stereocenters. The van der Waals surface area contributed by atoms with Crippen molar-refractivity contribution in [1.82, 2.24) is 0 Å². The molecule has 3 nitrogen and oxygen atoms in total. The van der Waals surface area contributed by atoms with Crippen LogP contribution in [0.2, 0.25) is 0 Å². The molecule has 41 heavy (non-hydrogen) atoms. The maximum Gasteiger partial charge on any atom is 0.135 e. The molecule has 2 N–H and O–H groups in total. The minimum Gasteiger partial charge on any atom is -0.392 e. The molecular weight excluding hydrogens is 504 g/mol. The van der Waals surface area contributed by atoms with Gasteiger partial charge in [0.2, 0.25) is 0 Å². The summed E-state index contributed by atoms with van der Waals surface area (Å²) in [4.78, 5) is 12.8. The molecule has 0 aromatic heterocycles. The van der Waals surface area contributed by atoms with E-state index in [4.69, 9.17) is 0 Å². The topological polar surface area (TPSA) is 57.5 Å². The molecule has 0 heterocycles. The van der Waals surface area contributed by atoms with Crippen LogP contribution in [0.15, 0.2) is 0 Å². The molecule has 0 bridgehead atoms. The number of carbonyl (C=O) groups excluding carboxylic acids is 1. The van der Waals surface area contributed by atoms with Crippen LogP contribution in [-0.2, 0) is 4.79 Å². The van der Waals surface area contributed by atoms with Crippen molar-refractivity contribution in [2.24, 2.45) is 87.3 Å². The first kappa shape index (κ1) is 32.0. The van der Waals surface area contributed by atoms with Crippen LogP contribution in [0.5, 0.6) is 0 Å². The number of aliphatic hydroxyl groups excluding tert-OH is 2. The molecule has 5 saturated carbocycles. The van der Waals surface area contributed by atoms with Crippen LogP contribution >= 0.6 is 0 Å². The first-order valence-electron chi connectivity index (χ1n) is 18.0. The molecule has 236 valence electrons. The van der Waals surface area contributed by atoms with Crippen molar-refractivity contribution in [2.75, 3.05) is 0 Å². The minimum atomic E-state index is -0.638. The average Bonchev–Trinajstić information content (AvgIpc) is 2.85. The van der Waals surface area contributed by atoms with E-state index >= 15 is 0 Å². The molecule has 0 radical (unpaired) electrons. The van der Waals surface area contributed by atoms with Crippen LogP contribution in [0.25, 0.3) is 0 Å². The fraction of sp³-hybridized carbons (Fsp3) is 0.974. The number of carbonyl (C=O) groups is 1. The van der Waals surface area contributed by atoms with Gasteiger partial charge in [-0.1, -0.05) is 75.2 Å². The normalized spacial score (nSPS) is 55.6. The standard InChI is InChI=1S/C38H66O3/c1-11-26-13-14-27(17-28(26)16-21(2)3)29-15-12-22(4)32-30(29)19-36(8)20-37(9)18-23(5)31(25(7)39)35(41)38(37,10)24(6)33(36)34(32)40/h21-24,26-35,40-41H,11-20H2,1-10H3. The summed E-state index contributed by atoms with van der Waals surface area (Å²) in [6, 6.07) is 0. The average molecular weight is 571 g/mol. The van der Waals surface area contributed by atoms with E-state index in [1.54, 1.807) is 6.92 Å². The molecule has 16 atom stereocenters. The fourth-order valence-corrected chi connectivity index (χ4v) is 13.7. The molecule has 3 heteroatoms. The highest BCUT2D eigenvalue weighted by molar-refractivity contribution is 5.79. The highest BCUT2D eigenvalue weighted by Gasteiger charge is 2.70. The fourth-order valence-electron chi connectivity index (χ4n) is 13.7. The van der Waals surface area contributed by atoms with Crippen molar-refractivity contribution in [3.8, 4) is 0 Å². The summed E-state index contributed by atoms with van der Waals surface area (Å²) >= 11 is 0. The van der Waals surface area contributed by atoms with E-state index in [0.29, 0.717) is 17.8 Å². The van der Waals surface area contributed by atoms with Crippen molar-refractivity contribution in [1.29, 1.82) is 0 Å². The predicted octanol–water partition coefficient (Wildman–Crippen LogP) is 8.80. The van der Waals surface area contributed by atoms with Gasteiger partial charge in [-0.15, -0.1) is 0 Å². The lowest BCUT2D eigenvalue weighted by atomic mass is 9.34. The molecule has 0 aliphatic heterocycles. The zero-order valence-corrected chi connectivity index (χ0v) is 28.5. The van der Waals surface area contributed by atoms with E-state index in [1.165, 1.54) is 51.4 Å². The first-order chi connectivity index (χ1) is 19.1.